The van der Waals surface area contributed by atoms with Crippen molar-refractivity contribution in [3.05, 3.63) is 45.1 Å². The third kappa shape index (κ3) is 3.05. The maximum absolute atomic E-state index is 12.4. The van der Waals surface area contributed by atoms with E-state index < -0.39 is 11.2 Å². The van der Waals surface area contributed by atoms with E-state index in [0.717, 1.165) is 17.5 Å². The molecule has 0 aliphatic carbocycles. The normalized spacial score (nSPS) is 17.8. The van der Waals surface area contributed by atoms with Crippen molar-refractivity contribution in [3.63, 3.8) is 0 Å². The number of carbonyl (C=O) groups excluding carboxylic acids is 1. The van der Waals surface area contributed by atoms with Crippen LogP contribution in [-0.4, -0.2) is 47.0 Å². The second-order valence-corrected chi connectivity index (χ2v) is 5.92. The zero-order valence-electron chi connectivity index (χ0n) is 13.0. The van der Waals surface area contributed by atoms with Crippen molar-refractivity contribution in [2.45, 2.75) is 13.0 Å². The predicted octanol–water partition coefficient (Wildman–Crippen LogP) is -0.242. The summed E-state index contributed by atoms with van der Waals surface area (Å²) in [4.78, 5) is 41.3. The summed E-state index contributed by atoms with van der Waals surface area (Å²) in [5.74, 6) is 0.238. The molecule has 1 aliphatic heterocycles. The minimum absolute atomic E-state index is 0.188. The summed E-state index contributed by atoms with van der Waals surface area (Å²) in [7, 11) is 1.89. The first-order valence-electron chi connectivity index (χ1n) is 7.74. The zero-order valence-corrected chi connectivity index (χ0v) is 13.0. The fraction of sp³-hybridized carbons (Fsp3) is 0.438. The summed E-state index contributed by atoms with van der Waals surface area (Å²) in [5.41, 5.74) is -0.488. The van der Waals surface area contributed by atoms with Crippen molar-refractivity contribution in [2.24, 2.45) is 5.92 Å². The van der Waals surface area contributed by atoms with E-state index in [1.165, 1.54) is 0 Å². The first-order chi connectivity index (χ1) is 11.1. The van der Waals surface area contributed by atoms with Gasteiger partial charge in [0.15, 0.2) is 0 Å². The monoisotopic (exact) mass is 316 g/mol. The molecule has 2 aromatic rings. The molecule has 23 heavy (non-hydrogen) atoms. The van der Waals surface area contributed by atoms with E-state index in [4.69, 9.17) is 0 Å². The van der Waals surface area contributed by atoms with E-state index >= 15 is 0 Å². The van der Waals surface area contributed by atoms with E-state index in [2.05, 4.69) is 10.3 Å². The number of rotatable bonds is 4. The molecule has 1 fully saturated rings. The van der Waals surface area contributed by atoms with E-state index in [-0.39, 0.29) is 12.5 Å². The minimum Gasteiger partial charge on any atom is -0.341 e. The van der Waals surface area contributed by atoms with Crippen LogP contribution < -0.4 is 16.6 Å². The molecule has 122 valence electrons. The van der Waals surface area contributed by atoms with Crippen molar-refractivity contribution in [3.8, 4) is 0 Å². The topological polar surface area (TPSA) is 87.2 Å². The van der Waals surface area contributed by atoms with Crippen molar-refractivity contribution in [1.29, 1.82) is 0 Å². The highest BCUT2D eigenvalue weighted by Crippen LogP contribution is 2.15. The lowest BCUT2D eigenvalue weighted by molar-refractivity contribution is -0.131. The Morgan fingerprint density at radius 2 is 2.13 bits per heavy atom. The molecule has 0 radical (unpaired) electrons. The standard InChI is InChI=1S/C16H20N4O3/c1-17-8-11-6-7-19(9-11)14(21)10-20-15(22)12-4-2-3-5-13(12)18-16(20)23/h2-5,11,17H,6-10H2,1H3,(H,18,23). The lowest BCUT2D eigenvalue weighted by Crippen LogP contribution is -2.41. The highest BCUT2D eigenvalue weighted by atomic mass is 16.2. The van der Waals surface area contributed by atoms with Crippen LogP contribution in [0.15, 0.2) is 33.9 Å². The maximum Gasteiger partial charge on any atom is 0.329 e. The Morgan fingerprint density at radius 3 is 2.91 bits per heavy atom. The number of para-hydroxylation sites is 1. The van der Waals surface area contributed by atoms with Crippen molar-refractivity contribution in [2.75, 3.05) is 26.7 Å². The molecule has 2 heterocycles. The van der Waals surface area contributed by atoms with Crippen LogP contribution in [0.4, 0.5) is 0 Å². The summed E-state index contributed by atoms with van der Waals surface area (Å²) in [6.07, 6.45) is 0.940. The summed E-state index contributed by atoms with van der Waals surface area (Å²) in [5, 5.41) is 3.52. The van der Waals surface area contributed by atoms with E-state index in [1.807, 2.05) is 7.05 Å². The van der Waals surface area contributed by atoms with Crippen LogP contribution in [0, 0.1) is 5.92 Å². The quantitative estimate of drug-likeness (QED) is 0.815. The largest absolute Gasteiger partial charge is 0.341 e. The van der Waals surface area contributed by atoms with E-state index in [1.54, 1.807) is 29.2 Å². The molecule has 0 spiro atoms. The molecule has 1 unspecified atom stereocenters. The van der Waals surface area contributed by atoms with E-state index in [0.29, 0.717) is 29.9 Å². The fourth-order valence-corrected chi connectivity index (χ4v) is 3.09. The number of amides is 1. The predicted molar refractivity (Wildman–Crippen MR) is 87.4 cm³/mol. The van der Waals surface area contributed by atoms with Crippen LogP contribution in [0.3, 0.4) is 0 Å². The number of nitrogens with zero attached hydrogens (tertiary/aromatic N) is 2. The van der Waals surface area contributed by atoms with Crippen LogP contribution in [0.25, 0.3) is 10.9 Å². The van der Waals surface area contributed by atoms with Crippen molar-refractivity contribution >= 4 is 16.8 Å². The average Bonchev–Trinajstić information content (AvgIpc) is 3.00. The fourth-order valence-electron chi connectivity index (χ4n) is 3.09. The van der Waals surface area contributed by atoms with Gasteiger partial charge in [-0.2, -0.15) is 0 Å². The number of aromatic nitrogens is 2. The van der Waals surface area contributed by atoms with Crippen LogP contribution in [0.1, 0.15) is 6.42 Å². The third-order valence-electron chi connectivity index (χ3n) is 4.31. The summed E-state index contributed by atoms with van der Waals surface area (Å²) < 4.78 is 0.982. The lowest BCUT2D eigenvalue weighted by Gasteiger charge is -2.17. The van der Waals surface area contributed by atoms with Gasteiger partial charge in [-0.3, -0.25) is 14.2 Å². The number of likely N-dealkylation sites (tertiary alicyclic amines) is 1. The molecule has 0 bridgehead atoms. The van der Waals surface area contributed by atoms with Crippen LogP contribution in [-0.2, 0) is 11.3 Å². The van der Waals surface area contributed by atoms with Crippen LogP contribution in [0.5, 0.6) is 0 Å². The van der Waals surface area contributed by atoms with Gasteiger partial charge in [0.2, 0.25) is 5.91 Å². The molecule has 1 saturated heterocycles. The van der Waals surface area contributed by atoms with Gasteiger partial charge in [0.1, 0.15) is 6.54 Å². The summed E-state index contributed by atoms with van der Waals surface area (Å²) in [6, 6.07) is 6.80. The lowest BCUT2D eigenvalue weighted by atomic mass is 10.1. The molecule has 3 rings (SSSR count). The summed E-state index contributed by atoms with van der Waals surface area (Å²) >= 11 is 0. The van der Waals surface area contributed by atoms with Gasteiger partial charge in [0.25, 0.3) is 5.56 Å². The number of fused-ring (bicyclic) bond motifs is 1. The molecule has 0 saturated carbocycles. The Balaban J connectivity index is 1.83. The maximum atomic E-state index is 12.4. The Hall–Kier alpha value is -2.41. The minimum atomic E-state index is -0.548. The zero-order chi connectivity index (χ0) is 16.4. The van der Waals surface area contributed by atoms with Gasteiger partial charge >= 0.3 is 5.69 Å². The SMILES string of the molecule is CNCC1CCN(C(=O)Cn2c(=O)[nH]c3ccccc3c2=O)C1. The van der Waals surface area contributed by atoms with Gasteiger partial charge in [-0.05, 0) is 38.1 Å². The number of H-pyrrole nitrogens is 1. The molecule has 1 amide bonds. The number of hydrogen-bond acceptors (Lipinski definition) is 4. The van der Waals surface area contributed by atoms with E-state index in [9.17, 15) is 14.4 Å². The Morgan fingerprint density at radius 1 is 1.35 bits per heavy atom. The first kappa shape index (κ1) is 15.5. The molecule has 1 atom stereocenters. The van der Waals surface area contributed by atoms with Crippen molar-refractivity contribution in [1.82, 2.24) is 19.8 Å². The Kier molecular flexibility index (Phi) is 4.29. The second kappa shape index (κ2) is 6.37. The second-order valence-electron chi connectivity index (χ2n) is 5.92. The van der Waals surface area contributed by atoms with Gasteiger partial charge in [-0.25, -0.2) is 4.79 Å². The van der Waals surface area contributed by atoms with Crippen LogP contribution >= 0.6 is 0 Å². The molecule has 1 aliphatic rings. The molecular weight excluding hydrogens is 296 g/mol. The van der Waals surface area contributed by atoms with Gasteiger partial charge in [-0.1, -0.05) is 12.1 Å². The number of carbonyl (C=O) groups is 1. The first-order valence-corrected chi connectivity index (χ1v) is 7.74. The average molecular weight is 316 g/mol. The molecule has 1 aromatic carbocycles. The Labute approximate surface area is 132 Å². The molecule has 2 N–H and O–H groups in total. The van der Waals surface area contributed by atoms with Crippen molar-refractivity contribution < 1.29 is 4.79 Å². The third-order valence-corrected chi connectivity index (χ3v) is 4.31. The number of benzene rings is 1. The van der Waals surface area contributed by atoms with Gasteiger partial charge in [-0.15, -0.1) is 0 Å². The van der Waals surface area contributed by atoms with Crippen LogP contribution in [0.2, 0.25) is 0 Å². The smallest absolute Gasteiger partial charge is 0.329 e. The van der Waals surface area contributed by atoms with Gasteiger partial charge in [0, 0.05) is 13.1 Å². The highest BCUT2D eigenvalue weighted by molar-refractivity contribution is 5.79. The molecule has 7 nitrogen and oxygen atoms in total. The Bertz CT molecular complexity index is 839. The molecule has 1 aromatic heterocycles. The number of aromatic amines is 1. The highest BCUT2D eigenvalue weighted by Gasteiger charge is 2.26. The number of hydrogen-bond donors (Lipinski definition) is 2. The van der Waals surface area contributed by atoms with Gasteiger partial charge in [0.05, 0.1) is 10.9 Å². The molecule has 7 heteroatoms. The summed E-state index contributed by atoms with van der Waals surface area (Å²) in [6.45, 7) is 1.98. The number of nitrogens with one attached hydrogen (secondary N) is 2. The van der Waals surface area contributed by atoms with Gasteiger partial charge < -0.3 is 15.2 Å². The molecular formula is C16H20N4O3.